The van der Waals surface area contributed by atoms with Crippen LogP contribution in [0.2, 0.25) is 0 Å². The maximum atomic E-state index is 6.22. The largest absolute Gasteiger partial charge is 0.358 e. The molecule has 0 radical (unpaired) electrons. The Bertz CT molecular complexity index is 478. The Morgan fingerprint density at radius 2 is 2.00 bits per heavy atom. The van der Waals surface area contributed by atoms with Gasteiger partial charge in [-0.25, -0.2) is 0 Å². The van der Waals surface area contributed by atoms with Gasteiger partial charge in [0, 0.05) is 22.6 Å². The molecule has 2 aromatic rings. The van der Waals surface area contributed by atoms with Gasteiger partial charge < -0.3 is 16.5 Å². The van der Waals surface area contributed by atoms with Gasteiger partial charge in [-0.05, 0) is 37.9 Å². The highest BCUT2D eigenvalue weighted by molar-refractivity contribution is 5.85. The van der Waals surface area contributed by atoms with Crippen molar-refractivity contribution in [3.63, 3.8) is 0 Å². The molecule has 1 atom stereocenters. The highest BCUT2D eigenvalue weighted by Gasteiger charge is 2.14. The van der Waals surface area contributed by atoms with E-state index in [-0.39, 0.29) is 18.4 Å². The quantitative estimate of drug-likeness (QED) is 0.784. The van der Waals surface area contributed by atoms with Gasteiger partial charge in [0.25, 0.3) is 0 Å². The van der Waals surface area contributed by atoms with E-state index < -0.39 is 0 Å². The molecule has 0 bridgehead atoms. The third-order valence-electron chi connectivity index (χ3n) is 3.03. The first-order valence-corrected chi connectivity index (χ1v) is 5.77. The summed E-state index contributed by atoms with van der Waals surface area (Å²) in [6, 6.07) is 8.37. The third kappa shape index (κ3) is 2.80. The van der Waals surface area contributed by atoms with E-state index in [1.54, 1.807) is 0 Å². The first-order chi connectivity index (χ1) is 7.74. The molecule has 1 heterocycles. The van der Waals surface area contributed by atoms with Crippen LogP contribution in [0.15, 0.2) is 24.3 Å². The van der Waals surface area contributed by atoms with Crippen LogP contribution in [0.4, 0.5) is 0 Å². The van der Waals surface area contributed by atoms with Crippen molar-refractivity contribution < 1.29 is 0 Å². The van der Waals surface area contributed by atoms with Crippen LogP contribution >= 0.6 is 12.4 Å². The molecular formula is C13H20ClN3. The average Bonchev–Trinajstić information content (AvgIpc) is 2.62. The number of para-hydroxylation sites is 1. The molecule has 94 valence electrons. The topological polar surface area (TPSA) is 67.8 Å². The summed E-state index contributed by atoms with van der Waals surface area (Å²) in [6.45, 7) is 2.78. The minimum atomic E-state index is 0. The van der Waals surface area contributed by atoms with Crippen LogP contribution in [0, 0.1) is 6.92 Å². The Hall–Kier alpha value is -1.03. The van der Waals surface area contributed by atoms with Crippen molar-refractivity contribution in [1.82, 2.24) is 4.98 Å². The second kappa shape index (κ2) is 6.05. The van der Waals surface area contributed by atoms with Gasteiger partial charge in [0.2, 0.25) is 0 Å². The van der Waals surface area contributed by atoms with E-state index in [2.05, 4.69) is 30.1 Å². The van der Waals surface area contributed by atoms with Crippen LogP contribution in [0.3, 0.4) is 0 Å². The van der Waals surface area contributed by atoms with Gasteiger partial charge in [-0.15, -0.1) is 12.4 Å². The smallest absolute Gasteiger partial charge is 0.0459 e. The fourth-order valence-electron chi connectivity index (χ4n) is 2.26. The fourth-order valence-corrected chi connectivity index (χ4v) is 2.26. The molecule has 0 amide bonds. The fraction of sp³-hybridized carbons (Fsp3) is 0.385. The lowest BCUT2D eigenvalue weighted by molar-refractivity contribution is 0.618. The molecule has 0 aliphatic carbocycles. The number of aromatic amines is 1. The van der Waals surface area contributed by atoms with Crippen molar-refractivity contribution in [2.45, 2.75) is 25.8 Å². The van der Waals surface area contributed by atoms with E-state index in [1.807, 2.05) is 6.07 Å². The Morgan fingerprint density at radius 3 is 2.71 bits per heavy atom. The first kappa shape index (κ1) is 14.0. The zero-order chi connectivity index (χ0) is 11.5. The predicted octanol–water partition coefficient (Wildman–Crippen LogP) is 2.64. The van der Waals surface area contributed by atoms with Gasteiger partial charge in [0.1, 0.15) is 0 Å². The number of benzene rings is 1. The number of fused-ring (bicyclic) bond motifs is 1. The summed E-state index contributed by atoms with van der Waals surface area (Å²) in [5, 5.41) is 1.24. The zero-order valence-corrected chi connectivity index (χ0v) is 10.9. The Labute approximate surface area is 108 Å². The number of hydrogen-bond acceptors (Lipinski definition) is 2. The summed E-state index contributed by atoms with van der Waals surface area (Å²) in [4.78, 5) is 3.37. The molecule has 0 saturated heterocycles. The number of nitrogens with one attached hydrogen (secondary N) is 1. The first-order valence-electron chi connectivity index (χ1n) is 5.77. The number of aryl methyl sites for hydroxylation is 1. The van der Waals surface area contributed by atoms with Crippen LogP contribution in [-0.4, -0.2) is 11.5 Å². The lowest BCUT2D eigenvalue weighted by Crippen LogP contribution is -2.13. The highest BCUT2D eigenvalue weighted by Crippen LogP contribution is 2.28. The van der Waals surface area contributed by atoms with Gasteiger partial charge in [0.15, 0.2) is 0 Å². The van der Waals surface area contributed by atoms with Gasteiger partial charge in [-0.3, -0.25) is 0 Å². The molecule has 0 fully saturated rings. The molecule has 5 N–H and O–H groups in total. The van der Waals surface area contributed by atoms with Gasteiger partial charge in [0.05, 0.1) is 0 Å². The van der Waals surface area contributed by atoms with E-state index >= 15 is 0 Å². The van der Waals surface area contributed by atoms with Crippen molar-refractivity contribution in [3.8, 4) is 0 Å². The molecular weight excluding hydrogens is 234 g/mol. The molecule has 0 unspecified atom stereocenters. The molecule has 4 heteroatoms. The van der Waals surface area contributed by atoms with Crippen LogP contribution < -0.4 is 11.5 Å². The van der Waals surface area contributed by atoms with E-state index in [9.17, 15) is 0 Å². The number of rotatable bonds is 4. The van der Waals surface area contributed by atoms with E-state index in [0.717, 1.165) is 18.4 Å². The molecule has 0 spiro atoms. The summed E-state index contributed by atoms with van der Waals surface area (Å²) < 4.78 is 0. The predicted molar refractivity (Wildman–Crippen MR) is 75.5 cm³/mol. The minimum Gasteiger partial charge on any atom is -0.358 e. The second-order valence-electron chi connectivity index (χ2n) is 4.25. The average molecular weight is 254 g/mol. The Balaban J connectivity index is 0.00000144. The molecule has 0 saturated carbocycles. The lowest BCUT2D eigenvalue weighted by atomic mass is 10.00. The van der Waals surface area contributed by atoms with E-state index in [4.69, 9.17) is 11.5 Å². The maximum Gasteiger partial charge on any atom is 0.0459 e. The number of aromatic nitrogens is 1. The summed E-state index contributed by atoms with van der Waals surface area (Å²) in [7, 11) is 0. The number of hydrogen-bond donors (Lipinski definition) is 3. The van der Waals surface area contributed by atoms with Crippen LogP contribution in [0.1, 0.15) is 30.1 Å². The van der Waals surface area contributed by atoms with E-state index in [1.165, 1.54) is 16.6 Å². The molecule has 0 aliphatic heterocycles. The SMILES string of the molecule is Cc1[nH]c2ccccc2c1[C@@H](N)CCCN.Cl. The number of halogens is 1. The molecule has 3 nitrogen and oxygen atoms in total. The van der Waals surface area contributed by atoms with Crippen molar-refractivity contribution in [1.29, 1.82) is 0 Å². The Kier molecular flexibility index (Phi) is 5.00. The molecule has 0 aliphatic rings. The lowest BCUT2D eigenvalue weighted by Gasteiger charge is -2.11. The second-order valence-corrected chi connectivity index (χ2v) is 4.25. The maximum absolute atomic E-state index is 6.22. The Morgan fingerprint density at radius 1 is 1.29 bits per heavy atom. The van der Waals surface area contributed by atoms with E-state index in [0.29, 0.717) is 6.54 Å². The number of nitrogens with two attached hydrogens (primary N) is 2. The molecule has 1 aromatic carbocycles. The van der Waals surface area contributed by atoms with Crippen LogP contribution in [0.5, 0.6) is 0 Å². The van der Waals surface area contributed by atoms with Crippen molar-refractivity contribution in [3.05, 3.63) is 35.5 Å². The minimum absolute atomic E-state index is 0. The summed E-state index contributed by atoms with van der Waals surface area (Å²) in [5.74, 6) is 0. The summed E-state index contributed by atoms with van der Waals surface area (Å²) in [5.41, 5.74) is 15.3. The van der Waals surface area contributed by atoms with Crippen LogP contribution in [0.25, 0.3) is 10.9 Å². The zero-order valence-electron chi connectivity index (χ0n) is 10.1. The standard InChI is InChI=1S/C13H19N3.ClH/c1-9-13(11(15)6-4-8-14)10-5-2-3-7-12(10)16-9;/h2-3,5,7,11,16H,4,6,8,14-15H2,1H3;1H/t11-;/m0./s1. The normalized spacial score (nSPS) is 12.4. The third-order valence-corrected chi connectivity index (χ3v) is 3.03. The highest BCUT2D eigenvalue weighted by atomic mass is 35.5. The molecule has 17 heavy (non-hydrogen) atoms. The van der Waals surface area contributed by atoms with Crippen molar-refractivity contribution in [2.75, 3.05) is 6.54 Å². The van der Waals surface area contributed by atoms with Crippen LogP contribution in [-0.2, 0) is 0 Å². The van der Waals surface area contributed by atoms with Crippen molar-refractivity contribution in [2.24, 2.45) is 11.5 Å². The summed E-state index contributed by atoms with van der Waals surface area (Å²) >= 11 is 0. The van der Waals surface area contributed by atoms with Gasteiger partial charge in [-0.2, -0.15) is 0 Å². The molecule has 2 rings (SSSR count). The van der Waals surface area contributed by atoms with Gasteiger partial charge >= 0.3 is 0 Å². The summed E-state index contributed by atoms with van der Waals surface area (Å²) in [6.07, 6.45) is 1.92. The van der Waals surface area contributed by atoms with Gasteiger partial charge in [-0.1, -0.05) is 18.2 Å². The monoisotopic (exact) mass is 253 g/mol. The molecule has 1 aromatic heterocycles. The number of H-pyrrole nitrogens is 1. The van der Waals surface area contributed by atoms with Crippen molar-refractivity contribution >= 4 is 23.3 Å².